The molecular weight excluding hydrogens is 257 g/mol. The van der Waals surface area contributed by atoms with Crippen molar-refractivity contribution < 1.29 is 9.31 Å². The summed E-state index contributed by atoms with van der Waals surface area (Å²) in [6.07, 6.45) is 1.75. The predicted octanol–water partition coefficient (Wildman–Crippen LogP) is 1.87. The Morgan fingerprint density at radius 2 is 2.11 bits per heavy atom. The molecule has 1 aliphatic rings. The molecule has 0 amide bonds. The molecule has 0 unspecified atom stereocenters. The van der Waals surface area contributed by atoms with E-state index in [0.717, 1.165) is 19.2 Å². The third-order valence-corrected chi connectivity index (χ3v) is 3.67. The van der Waals surface area contributed by atoms with Crippen LogP contribution in [0.5, 0.6) is 0 Å². The first-order valence-electron chi connectivity index (χ1n) is 5.61. The SMILES string of the molecule is CSc1cc(N2CCNCC2)c(F)cc1[N+](=O)[O-]. The number of piperazine rings is 1. The molecule has 2 rings (SSSR count). The van der Waals surface area contributed by atoms with Gasteiger partial charge in [0, 0.05) is 26.2 Å². The zero-order valence-corrected chi connectivity index (χ0v) is 10.8. The van der Waals surface area contributed by atoms with E-state index in [0.29, 0.717) is 23.7 Å². The summed E-state index contributed by atoms with van der Waals surface area (Å²) in [6.45, 7) is 3.02. The number of benzene rings is 1. The summed E-state index contributed by atoms with van der Waals surface area (Å²) in [4.78, 5) is 12.7. The van der Waals surface area contributed by atoms with Gasteiger partial charge in [-0.1, -0.05) is 0 Å². The minimum atomic E-state index is -0.545. The van der Waals surface area contributed by atoms with Gasteiger partial charge in [-0.2, -0.15) is 0 Å². The Morgan fingerprint density at radius 3 is 2.67 bits per heavy atom. The number of thioether (sulfide) groups is 1. The molecule has 1 heterocycles. The zero-order valence-electron chi connectivity index (χ0n) is 9.98. The van der Waals surface area contributed by atoms with Crippen molar-refractivity contribution in [2.45, 2.75) is 4.90 Å². The van der Waals surface area contributed by atoms with Gasteiger partial charge in [-0.25, -0.2) is 4.39 Å². The minimum Gasteiger partial charge on any atom is -0.367 e. The first-order valence-corrected chi connectivity index (χ1v) is 6.83. The van der Waals surface area contributed by atoms with Crippen molar-refractivity contribution in [2.75, 3.05) is 37.3 Å². The maximum atomic E-state index is 13.9. The molecule has 0 aromatic heterocycles. The van der Waals surface area contributed by atoms with Gasteiger partial charge in [-0.15, -0.1) is 11.8 Å². The molecule has 1 aromatic carbocycles. The molecule has 0 bridgehead atoms. The predicted molar refractivity (Wildman–Crippen MR) is 69.9 cm³/mol. The maximum absolute atomic E-state index is 13.9. The Labute approximate surface area is 109 Å². The Kier molecular flexibility index (Phi) is 4.03. The molecule has 1 aromatic rings. The van der Waals surface area contributed by atoms with Gasteiger partial charge in [0.25, 0.3) is 5.69 Å². The second kappa shape index (κ2) is 5.53. The first-order chi connectivity index (χ1) is 8.63. The summed E-state index contributed by atoms with van der Waals surface area (Å²) >= 11 is 1.26. The van der Waals surface area contributed by atoms with Gasteiger partial charge in [0.2, 0.25) is 0 Å². The summed E-state index contributed by atoms with van der Waals surface area (Å²) in [5.41, 5.74) is 0.283. The van der Waals surface area contributed by atoms with E-state index in [1.807, 2.05) is 4.90 Å². The highest BCUT2D eigenvalue weighted by molar-refractivity contribution is 7.98. The molecular formula is C11H14FN3O2S. The maximum Gasteiger partial charge on any atom is 0.285 e. The normalized spacial score (nSPS) is 15.8. The molecule has 98 valence electrons. The number of nitro groups is 1. The minimum absolute atomic E-state index is 0.168. The number of hydrogen-bond acceptors (Lipinski definition) is 5. The van der Waals surface area contributed by atoms with Crippen molar-refractivity contribution in [1.82, 2.24) is 5.32 Å². The fourth-order valence-corrected chi connectivity index (χ4v) is 2.56. The van der Waals surface area contributed by atoms with Gasteiger partial charge in [0.05, 0.1) is 21.6 Å². The van der Waals surface area contributed by atoms with Crippen LogP contribution < -0.4 is 10.2 Å². The molecule has 1 aliphatic heterocycles. The van der Waals surface area contributed by atoms with Crippen LogP contribution in [0.1, 0.15) is 0 Å². The van der Waals surface area contributed by atoms with Crippen LogP contribution in [0.25, 0.3) is 0 Å². The lowest BCUT2D eigenvalue weighted by atomic mass is 10.2. The second-order valence-electron chi connectivity index (χ2n) is 3.97. The average molecular weight is 271 g/mol. The van der Waals surface area contributed by atoms with Crippen LogP contribution in [-0.2, 0) is 0 Å². The molecule has 0 saturated carbocycles. The number of anilines is 1. The molecule has 0 spiro atoms. The van der Waals surface area contributed by atoms with Crippen LogP contribution >= 0.6 is 11.8 Å². The third-order valence-electron chi connectivity index (χ3n) is 2.90. The lowest BCUT2D eigenvalue weighted by Crippen LogP contribution is -2.43. The average Bonchev–Trinajstić information content (AvgIpc) is 2.39. The standard InChI is InChI=1S/C11H14FN3O2S/c1-18-11-7-9(14-4-2-13-3-5-14)8(12)6-10(11)15(16)17/h6-7,13H,2-5H2,1H3. The van der Waals surface area contributed by atoms with E-state index in [4.69, 9.17) is 0 Å². The molecule has 1 fully saturated rings. The summed E-state index contributed by atoms with van der Waals surface area (Å²) < 4.78 is 13.9. The Hall–Kier alpha value is -1.34. The van der Waals surface area contributed by atoms with Crippen LogP contribution in [-0.4, -0.2) is 37.4 Å². The summed E-state index contributed by atoms with van der Waals surface area (Å²) in [5, 5.41) is 14.0. The summed E-state index contributed by atoms with van der Waals surface area (Å²) in [5.74, 6) is -0.526. The highest BCUT2D eigenvalue weighted by atomic mass is 32.2. The monoisotopic (exact) mass is 271 g/mol. The Balaban J connectivity index is 2.39. The fraction of sp³-hybridized carbons (Fsp3) is 0.455. The lowest BCUT2D eigenvalue weighted by molar-refractivity contribution is -0.387. The lowest BCUT2D eigenvalue weighted by Gasteiger charge is -2.29. The quantitative estimate of drug-likeness (QED) is 0.516. The zero-order chi connectivity index (χ0) is 13.1. The van der Waals surface area contributed by atoms with Crippen molar-refractivity contribution in [1.29, 1.82) is 0 Å². The van der Waals surface area contributed by atoms with E-state index in [1.165, 1.54) is 11.8 Å². The topological polar surface area (TPSA) is 58.4 Å². The van der Waals surface area contributed by atoms with E-state index in [-0.39, 0.29) is 5.69 Å². The number of nitrogens with one attached hydrogen (secondary N) is 1. The fourth-order valence-electron chi connectivity index (χ4n) is 1.99. The number of nitro benzene ring substituents is 1. The van der Waals surface area contributed by atoms with Crippen LogP contribution in [0.3, 0.4) is 0 Å². The van der Waals surface area contributed by atoms with E-state index >= 15 is 0 Å². The van der Waals surface area contributed by atoms with Gasteiger partial charge in [-0.05, 0) is 12.3 Å². The van der Waals surface area contributed by atoms with Gasteiger partial charge >= 0.3 is 0 Å². The molecule has 18 heavy (non-hydrogen) atoms. The molecule has 0 aliphatic carbocycles. The van der Waals surface area contributed by atoms with Crippen molar-refractivity contribution in [3.05, 3.63) is 28.1 Å². The molecule has 0 radical (unpaired) electrons. The van der Waals surface area contributed by atoms with Gasteiger partial charge in [0.15, 0.2) is 5.82 Å². The number of rotatable bonds is 3. The highest BCUT2D eigenvalue weighted by Gasteiger charge is 2.21. The summed E-state index contributed by atoms with van der Waals surface area (Å²) in [6, 6.07) is 2.59. The third kappa shape index (κ3) is 2.56. The van der Waals surface area contributed by atoms with Gasteiger partial charge in [0.1, 0.15) is 0 Å². The van der Waals surface area contributed by atoms with Gasteiger partial charge < -0.3 is 10.2 Å². The van der Waals surface area contributed by atoms with E-state index in [1.54, 1.807) is 12.3 Å². The van der Waals surface area contributed by atoms with E-state index < -0.39 is 10.7 Å². The van der Waals surface area contributed by atoms with Crippen LogP contribution in [0, 0.1) is 15.9 Å². The van der Waals surface area contributed by atoms with Gasteiger partial charge in [-0.3, -0.25) is 10.1 Å². The Bertz CT molecular complexity index is 464. The van der Waals surface area contributed by atoms with Crippen LogP contribution in [0.2, 0.25) is 0 Å². The smallest absolute Gasteiger partial charge is 0.285 e. The second-order valence-corrected chi connectivity index (χ2v) is 4.82. The number of hydrogen-bond donors (Lipinski definition) is 1. The molecule has 0 atom stereocenters. The molecule has 1 saturated heterocycles. The van der Waals surface area contributed by atoms with Crippen LogP contribution in [0.15, 0.2) is 17.0 Å². The van der Waals surface area contributed by atoms with Crippen molar-refractivity contribution in [2.24, 2.45) is 0 Å². The molecule has 1 N–H and O–H groups in total. The van der Waals surface area contributed by atoms with Crippen molar-refractivity contribution >= 4 is 23.1 Å². The Morgan fingerprint density at radius 1 is 1.44 bits per heavy atom. The molecule has 5 nitrogen and oxygen atoms in total. The summed E-state index contributed by atoms with van der Waals surface area (Å²) in [7, 11) is 0. The van der Waals surface area contributed by atoms with Crippen molar-refractivity contribution in [3.8, 4) is 0 Å². The van der Waals surface area contributed by atoms with Crippen molar-refractivity contribution in [3.63, 3.8) is 0 Å². The highest BCUT2D eigenvalue weighted by Crippen LogP contribution is 2.34. The first kappa shape index (κ1) is 13.1. The molecule has 7 heteroatoms. The number of halogens is 1. The van der Waals surface area contributed by atoms with E-state index in [9.17, 15) is 14.5 Å². The van der Waals surface area contributed by atoms with Crippen LogP contribution in [0.4, 0.5) is 15.8 Å². The van der Waals surface area contributed by atoms with E-state index in [2.05, 4.69) is 5.32 Å². The largest absolute Gasteiger partial charge is 0.367 e. The number of nitrogens with zero attached hydrogens (tertiary/aromatic N) is 2.